The molecule has 0 aliphatic carbocycles. The summed E-state index contributed by atoms with van der Waals surface area (Å²) >= 11 is 0. The van der Waals surface area contributed by atoms with Crippen LogP contribution < -0.4 is 5.43 Å². The van der Waals surface area contributed by atoms with Gasteiger partial charge >= 0.3 is 6.18 Å². The topological polar surface area (TPSA) is 44.6 Å². The van der Waals surface area contributed by atoms with E-state index < -0.39 is 11.7 Å². The SMILES string of the molecule is Oc1cccc(C=NNc2cccc(C(F)(F)F)c2)c1. The van der Waals surface area contributed by atoms with Crippen LogP contribution in [0.2, 0.25) is 0 Å². The Kier molecular flexibility index (Phi) is 3.93. The third-order valence-corrected chi connectivity index (χ3v) is 2.47. The summed E-state index contributed by atoms with van der Waals surface area (Å²) in [5.74, 6) is 0.0908. The van der Waals surface area contributed by atoms with Gasteiger partial charge in [-0.3, -0.25) is 5.43 Å². The first-order valence-electron chi connectivity index (χ1n) is 5.70. The van der Waals surface area contributed by atoms with Crippen LogP contribution in [0.4, 0.5) is 18.9 Å². The molecule has 2 aromatic rings. The first-order valence-corrected chi connectivity index (χ1v) is 5.70. The number of nitrogens with zero attached hydrogens (tertiary/aromatic N) is 1. The molecule has 0 heterocycles. The van der Waals surface area contributed by atoms with Crippen molar-refractivity contribution < 1.29 is 18.3 Å². The number of benzene rings is 2. The van der Waals surface area contributed by atoms with Gasteiger partial charge in [-0.1, -0.05) is 18.2 Å². The minimum absolute atomic E-state index is 0.0908. The molecule has 0 atom stereocenters. The first kappa shape index (κ1) is 13.9. The molecule has 0 unspecified atom stereocenters. The molecule has 0 aliphatic heterocycles. The molecule has 20 heavy (non-hydrogen) atoms. The Labute approximate surface area is 113 Å². The average Bonchev–Trinajstić information content (AvgIpc) is 2.38. The van der Waals surface area contributed by atoms with Crippen molar-refractivity contribution in [3.8, 4) is 5.75 Å². The number of hydrogen-bond acceptors (Lipinski definition) is 3. The fourth-order valence-electron chi connectivity index (χ4n) is 1.55. The molecule has 0 spiro atoms. The van der Waals surface area contributed by atoms with Gasteiger partial charge in [0.15, 0.2) is 0 Å². The Morgan fingerprint density at radius 3 is 2.50 bits per heavy atom. The summed E-state index contributed by atoms with van der Waals surface area (Å²) in [5, 5.41) is 13.1. The molecule has 0 saturated heterocycles. The number of phenols is 1. The van der Waals surface area contributed by atoms with Crippen molar-refractivity contribution in [1.82, 2.24) is 0 Å². The highest BCUT2D eigenvalue weighted by molar-refractivity contribution is 5.80. The van der Waals surface area contributed by atoms with Crippen molar-refractivity contribution in [3.05, 3.63) is 59.7 Å². The number of nitrogens with one attached hydrogen (secondary N) is 1. The van der Waals surface area contributed by atoms with Crippen molar-refractivity contribution >= 4 is 11.9 Å². The molecule has 0 bridgehead atoms. The number of hydrogen-bond donors (Lipinski definition) is 2. The predicted molar refractivity (Wildman–Crippen MR) is 70.8 cm³/mol. The smallest absolute Gasteiger partial charge is 0.416 e. The molecule has 0 amide bonds. The molecule has 0 aliphatic rings. The van der Waals surface area contributed by atoms with Crippen LogP contribution in [0.1, 0.15) is 11.1 Å². The molecule has 104 valence electrons. The van der Waals surface area contributed by atoms with Crippen LogP contribution in [0.3, 0.4) is 0 Å². The van der Waals surface area contributed by atoms with E-state index in [2.05, 4.69) is 10.5 Å². The van der Waals surface area contributed by atoms with E-state index in [4.69, 9.17) is 0 Å². The van der Waals surface area contributed by atoms with Gasteiger partial charge in [-0.05, 0) is 35.9 Å². The monoisotopic (exact) mass is 280 g/mol. The first-order chi connectivity index (χ1) is 9.45. The van der Waals surface area contributed by atoms with Gasteiger partial charge in [0.05, 0.1) is 17.5 Å². The van der Waals surface area contributed by atoms with E-state index in [0.717, 1.165) is 12.1 Å². The van der Waals surface area contributed by atoms with Crippen LogP contribution in [0.5, 0.6) is 5.75 Å². The number of halogens is 3. The Bertz CT molecular complexity index is 624. The number of phenolic OH excluding ortho intramolecular Hbond substituents is 1. The lowest BCUT2D eigenvalue weighted by Gasteiger charge is -2.07. The van der Waals surface area contributed by atoms with Gasteiger partial charge in [0.2, 0.25) is 0 Å². The number of alkyl halides is 3. The lowest BCUT2D eigenvalue weighted by molar-refractivity contribution is -0.137. The van der Waals surface area contributed by atoms with Crippen molar-refractivity contribution in [2.45, 2.75) is 6.18 Å². The standard InChI is InChI=1S/C14H11F3N2O/c15-14(16,17)11-4-2-5-12(8-11)19-18-9-10-3-1-6-13(20)7-10/h1-9,19-20H. The fraction of sp³-hybridized carbons (Fsp3) is 0.0714. The highest BCUT2D eigenvalue weighted by Crippen LogP contribution is 2.30. The van der Waals surface area contributed by atoms with Gasteiger partial charge in [0.1, 0.15) is 5.75 Å². The third kappa shape index (κ3) is 3.74. The Hall–Kier alpha value is -2.50. The Morgan fingerprint density at radius 2 is 1.80 bits per heavy atom. The molecule has 6 heteroatoms. The van der Waals surface area contributed by atoms with Gasteiger partial charge in [-0.2, -0.15) is 18.3 Å². The molecule has 0 aromatic heterocycles. The summed E-state index contributed by atoms with van der Waals surface area (Å²) in [6, 6.07) is 11.1. The van der Waals surface area contributed by atoms with E-state index in [1.165, 1.54) is 30.5 Å². The number of aromatic hydroxyl groups is 1. The van der Waals surface area contributed by atoms with Crippen molar-refractivity contribution in [3.63, 3.8) is 0 Å². The maximum Gasteiger partial charge on any atom is 0.416 e. The van der Waals surface area contributed by atoms with Gasteiger partial charge < -0.3 is 5.11 Å². The second-order valence-corrected chi connectivity index (χ2v) is 4.04. The second kappa shape index (κ2) is 5.64. The number of rotatable bonds is 3. The molecule has 0 fully saturated rings. The summed E-state index contributed by atoms with van der Waals surface area (Å²) in [7, 11) is 0. The van der Waals surface area contributed by atoms with Crippen LogP contribution in [0, 0.1) is 0 Å². The van der Waals surface area contributed by atoms with Crippen LogP contribution in [0.25, 0.3) is 0 Å². The van der Waals surface area contributed by atoms with Crippen LogP contribution >= 0.6 is 0 Å². The molecule has 2 aromatic carbocycles. The fourth-order valence-corrected chi connectivity index (χ4v) is 1.55. The molecule has 0 saturated carbocycles. The van der Waals surface area contributed by atoms with Gasteiger partial charge in [0, 0.05) is 0 Å². The minimum Gasteiger partial charge on any atom is -0.508 e. The third-order valence-electron chi connectivity index (χ3n) is 2.47. The number of anilines is 1. The normalized spacial score (nSPS) is 11.8. The maximum atomic E-state index is 12.5. The quantitative estimate of drug-likeness (QED) is 0.662. The zero-order chi connectivity index (χ0) is 14.6. The lowest BCUT2D eigenvalue weighted by atomic mass is 10.2. The maximum absolute atomic E-state index is 12.5. The molecule has 3 nitrogen and oxygen atoms in total. The van der Waals surface area contributed by atoms with Crippen molar-refractivity contribution in [2.75, 3.05) is 5.43 Å². The van der Waals surface area contributed by atoms with E-state index >= 15 is 0 Å². The summed E-state index contributed by atoms with van der Waals surface area (Å²) in [4.78, 5) is 0. The molecule has 2 N–H and O–H groups in total. The summed E-state index contributed by atoms with van der Waals surface area (Å²) in [5.41, 5.74) is 2.63. The van der Waals surface area contributed by atoms with E-state index in [1.54, 1.807) is 12.1 Å². The van der Waals surface area contributed by atoms with Gasteiger partial charge in [-0.25, -0.2) is 0 Å². The highest BCUT2D eigenvalue weighted by atomic mass is 19.4. The average molecular weight is 280 g/mol. The predicted octanol–water partition coefficient (Wildman–Crippen LogP) is 3.86. The molecular formula is C14H11F3N2O. The Morgan fingerprint density at radius 1 is 1.05 bits per heavy atom. The summed E-state index contributed by atoms with van der Waals surface area (Å²) < 4.78 is 37.5. The van der Waals surface area contributed by atoms with Crippen LogP contribution in [0.15, 0.2) is 53.6 Å². The highest BCUT2D eigenvalue weighted by Gasteiger charge is 2.30. The van der Waals surface area contributed by atoms with Crippen molar-refractivity contribution in [2.24, 2.45) is 5.10 Å². The second-order valence-electron chi connectivity index (χ2n) is 4.04. The van der Waals surface area contributed by atoms with E-state index in [1.807, 2.05) is 0 Å². The molecule has 0 radical (unpaired) electrons. The van der Waals surface area contributed by atoms with Crippen molar-refractivity contribution in [1.29, 1.82) is 0 Å². The van der Waals surface area contributed by atoms with Gasteiger partial charge in [-0.15, -0.1) is 0 Å². The number of hydrazone groups is 1. The summed E-state index contributed by atoms with van der Waals surface area (Å²) in [6.45, 7) is 0. The minimum atomic E-state index is -4.38. The zero-order valence-electron chi connectivity index (χ0n) is 10.2. The van der Waals surface area contributed by atoms with Gasteiger partial charge in [0.25, 0.3) is 0 Å². The van der Waals surface area contributed by atoms with E-state index in [-0.39, 0.29) is 11.4 Å². The molecular weight excluding hydrogens is 269 g/mol. The van der Waals surface area contributed by atoms with E-state index in [9.17, 15) is 18.3 Å². The molecule has 2 rings (SSSR count). The zero-order valence-corrected chi connectivity index (χ0v) is 10.2. The largest absolute Gasteiger partial charge is 0.508 e. The summed E-state index contributed by atoms with van der Waals surface area (Å²) in [6.07, 6.45) is -2.98. The van der Waals surface area contributed by atoms with Crippen LogP contribution in [-0.4, -0.2) is 11.3 Å². The Balaban J connectivity index is 2.08. The lowest BCUT2D eigenvalue weighted by Crippen LogP contribution is -2.05. The van der Waals surface area contributed by atoms with Crippen LogP contribution in [-0.2, 0) is 6.18 Å². The van der Waals surface area contributed by atoms with E-state index in [0.29, 0.717) is 5.56 Å².